The molecule has 1 saturated heterocycles. The number of rotatable bonds is 4. The third-order valence-electron chi connectivity index (χ3n) is 4.88. The zero-order valence-corrected chi connectivity index (χ0v) is 19.1. The van der Waals surface area contributed by atoms with Crippen LogP contribution in [-0.4, -0.2) is 24.1 Å². The van der Waals surface area contributed by atoms with Gasteiger partial charge in [0.05, 0.1) is 16.9 Å². The van der Waals surface area contributed by atoms with Crippen molar-refractivity contribution in [2.45, 2.75) is 25.4 Å². The standard InChI is InChI=1S/C22H20Cl2F3N3OS/c23-16-7-4-14(17(24)13-16)5-9-20(31)29-21(32)28-18-12-15(22(25,26)27)6-8-19(18)30-10-2-1-3-11-30/h4-9,12-13H,1-3,10-11H2,(H2,28,29,31,32). The van der Waals surface area contributed by atoms with Gasteiger partial charge in [-0.1, -0.05) is 29.3 Å². The summed E-state index contributed by atoms with van der Waals surface area (Å²) in [5.41, 5.74) is 0.581. The number of benzene rings is 2. The van der Waals surface area contributed by atoms with Gasteiger partial charge in [0.15, 0.2) is 5.11 Å². The molecule has 0 atom stereocenters. The Labute approximate surface area is 199 Å². The van der Waals surface area contributed by atoms with Crippen molar-refractivity contribution < 1.29 is 18.0 Å². The quantitative estimate of drug-likeness (QED) is 0.369. The van der Waals surface area contributed by atoms with Gasteiger partial charge in [-0.25, -0.2) is 0 Å². The van der Waals surface area contributed by atoms with E-state index in [4.69, 9.17) is 35.4 Å². The molecule has 1 amide bonds. The molecule has 0 aromatic heterocycles. The second kappa shape index (κ2) is 10.6. The first-order valence-electron chi connectivity index (χ1n) is 9.85. The van der Waals surface area contributed by atoms with E-state index >= 15 is 0 Å². The molecule has 0 spiro atoms. The smallest absolute Gasteiger partial charge is 0.370 e. The highest BCUT2D eigenvalue weighted by molar-refractivity contribution is 7.80. The number of carbonyl (C=O) groups excluding carboxylic acids is 1. The molecule has 10 heteroatoms. The molecule has 1 fully saturated rings. The van der Waals surface area contributed by atoms with Gasteiger partial charge in [-0.3, -0.25) is 10.1 Å². The van der Waals surface area contributed by atoms with Crippen molar-refractivity contribution in [1.82, 2.24) is 5.32 Å². The third kappa shape index (κ3) is 6.60. The van der Waals surface area contributed by atoms with E-state index in [1.165, 1.54) is 18.2 Å². The highest BCUT2D eigenvalue weighted by Crippen LogP contribution is 2.36. The van der Waals surface area contributed by atoms with Crippen molar-refractivity contribution in [2.24, 2.45) is 0 Å². The first-order valence-corrected chi connectivity index (χ1v) is 11.0. The largest absolute Gasteiger partial charge is 0.416 e. The van der Waals surface area contributed by atoms with E-state index in [-0.39, 0.29) is 10.8 Å². The minimum Gasteiger partial charge on any atom is -0.370 e. The number of halogens is 5. The lowest BCUT2D eigenvalue weighted by atomic mass is 10.1. The molecule has 170 valence electrons. The number of nitrogens with zero attached hydrogens (tertiary/aromatic N) is 1. The molecule has 2 aromatic carbocycles. The predicted molar refractivity (Wildman–Crippen MR) is 127 cm³/mol. The minimum atomic E-state index is -4.50. The number of amides is 1. The maximum absolute atomic E-state index is 13.2. The van der Waals surface area contributed by atoms with Crippen LogP contribution in [0.2, 0.25) is 10.0 Å². The van der Waals surface area contributed by atoms with E-state index in [1.807, 2.05) is 4.90 Å². The molecule has 0 unspecified atom stereocenters. The number of alkyl halides is 3. The van der Waals surface area contributed by atoms with Crippen LogP contribution in [0.3, 0.4) is 0 Å². The molecular weight excluding hydrogens is 482 g/mol. The van der Waals surface area contributed by atoms with Crippen LogP contribution in [0, 0.1) is 0 Å². The van der Waals surface area contributed by atoms with Crippen LogP contribution in [0.25, 0.3) is 6.08 Å². The summed E-state index contributed by atoms with van der Waals surface area (Å²) in [7, 11) is 0. The Morgan fingerprint density at radius 2 is 1.78 bits per heavy atom. The summed E-state index contributed by atoms with van der Waals surface area (Å²) in [4.78, 5) is 14.2. The van der Waals surface area contributed by atoms with Crippen molar-refractivity contribution in [3.8, 4) is 0 Å². The lowest BCUT2D eigenvalue weighted by molar-refractivity contribution is -0.137. The number of anilines is 2. The second-order valence-corrected chi connectivity index (χ2v) is 8.47. The number of hydrogen-bond acceptors (Lipinski definition) is 3. The fourth-order valence-corrected chi connectivity index (χ4v) is 4.01. The van der Waals surface area contributed by atoms with Crippen molar-refractivity contribution in [3.63, 3.8) is 0 Å². The first kappa shape index (κ1) is 24.4. The van der Waals surface area contributed by atoms with Gasteiger partial charge in [0.2, 0.25) is 5.91 Å². The molecule has 0 saturated carbocycles. The number of hydrogen-bond donors (Lipinski definition) is 2. The highest BCUT2D eigenvalue weighted by Gasteiger charge is 2.31. The van der Waals surface area contributed by atoms with Gasteiger partial charge in [-0.05, 0) is 73.5 Å². The summed E-state index contributed by atoms with van der Waals surface area (Å²) in [6.07, 6.45) is 1.21. The van der Waals surface area contributed by atoms with E-state index in [0.29, 0.717) is 21.3 Å². The van der Waals surface area contributed by atoms with Crippen LogP contribution in [0.15, 0.2) is 42.5 Å². The lowest BCUT2D eigenvalue weighted by Gasteiger charge is -2.31. The Bertz CT molecular complexity index is 1040. The highest BCUT2D eigenvalue weighted by atomic mass is 35.5. The molecule has 0 bridgehead atoms. The molecule has 0 aliphatic carbocycles. The zero-order valence-electron chi connectivity index (χ0n) is 16.8. The van der Waals surface area contributed by atoms with Crippen LogP contribution < -0.4 is 15.5 Å². The summed E-state index contributed by atoms with van der Waals surface area (Å²) in [5.74, 6) is -0.556. The third-order valence-corrected chi connectivity index (χ3v) is 5.65. The Morgan fingerprint density at radius 1 is 1.06 bits per heavy atom. The van der Waals surface area contributed by atoms with E-state index in [2.05, 4.69) is 10.6 Å². The van der Waals surface area contributed by atoms with E-state index in [9.17, 15) is 18.0 Å². The summed E-state index contributed by atoms with van der Waals surface area (Å²) < 4.78 is 39.7. The monoisotopic (exact) mass is 501 g/mol. The molecule has 1 aliphatic rings. The van der Waals surface area contributed by atoms with E-state index < -0.39 is 17.6 Å². The fraction of sp³-hybridized carbons (Fsp3) is 0.273. The normalized spacial score (nSPS) is 14.5. The maximum Gasteiger partial charge on any atom is 0.416 e. The van der Waals surface area contributed by atoms with Gasteiger partial charge in [0.25, 0.3) is 0 Å². The zero-order chi connectivity index (χ0) is 23.3. The summed E-state index contributed by atoms with van der Waals surface area (Å²) in [5, 5.41) is 5.92. The fourth-order valence-electron chi connectivity index (χ4n) is 3.33. The van der Waals surface area contributed by atoms with Crippen molar-refractivity contribution in [3.05, 3.63) is 63.6 Å². The van der Waals surface area contributed by atoms with Crippen LogP contribution in [0.4, 0.5) is 24.5 Å². The van der Waals surface area contributed by atoms with Gasteiger partial charge in [0.1, 0.15) is 0 Å². The van der Waals surface area contributed by atoms with Gasteiger partial charge in [0, 0.05) is 29.2 Å². The van der Waals surface area contributed by atoms with Crippen LogP contribution >= 0.6 is 35.4 Å². The molecular formula is C22H20Cl2F3N3OS. The Kier molecular flexibility index (Phi) is 8.03. The number of nitrogens with one attached hydrogen (secondary N) is 2. The molecule has 32 heavy (non-hydrogen) atoms. The average Bonchev–Trinajstić information content (AvgIpc) is 2.73. The maximum atomic E-state index is 13.2. The van der Waals surface area contributed by atoms with Crippen molar-refractivity contribution in [2.75, 3.05) is 23.3 Å². The average molecular weight is 502 g/mol. The molecule has 0 radical (unpaired) electrons. The molecule has 4 nitrogen and oxygen atoms in total. The Morgan fingerprint density at radius 3 is 2.44 bits per heavy atom. The van der Waals surface area contributed by atoms with Gasteiger partial charge < -0.3 is 10.2 Å². The lowest BCUT2D eigenvalue weighted by Crippen LogP contribution is -2.35. The number of thiocarbonyl (C=S) groups is 1. The summed E-state index contributed by atoms with van der Waals surface area (Å²) >= 11 is 17.1. The summed E-state index contributed by atoms with van der Waals surface area (Å²) in [6.45, 7) is 1.48. The summed E-state index contributed by atoms with van der Waals surface area (Å²) in [6, 6.07) is 8.32. The van der Waals surface area contributed by atoms with Crippen molar-refractivity contribution in [1.29, 1.82) is 0 Å². The topological polar surface area (TPSA) is 44.4 Å². The second-order valence-electron chi connectivity index (χ2n) is 7.22. The van der Waals surface area contributed by atoms with Gasteiger partial charge in [-0.15, -0.1) is 0 Å². The Hall–Kier alpha value is -2.29. The van der Waals surface area contributed by atoms with Crippen LogP contribution in [-0.2, 0) is 11.0 Å². The van der Waals surface area contributed by atoms with Crippen molar-refractivity contribution >= 4 is 63.9 Å². The van der Waals surface area contributed by atoms with E-state index in [0.717, 1.165) is 44.5 Å². The first-order chi connectivity index (χ1) is 15.1. The van der Waals surface area contributed by atoms with Crippen LogP contribution in [0.5, 0.6) is 0 Å². The predicted octanol–water partition coefficient (Wildman–Crippen LogP) is 6.53. The number of carbonyl (C=O) groups is 1. The molecule has 2 N–H and O–H groups in total. The van der Waals surface area contributed by atoms with E-state index in [1.54, 1.807) is 18.2 Å². The van der Waals surface area contributed by atoms with Gasteiger partial charge in [-0.2, -0.15) is 13.2 Å². The minimum absolute atomic E-state index is 0.112. The molecule has 1 aliphatic heterocycles. The van der Waals surface area contributed by atoms with Crippen LogP contribution in [0.1, 0.15) is 30.4 Å². The Balaban J connectivity index is 1.73. The molecule has 2 aromatic rings. The van der Waals surface area contributed by atoms with Gasteiger partial charge >= 0.3 is 6.18 Å². The SMILES string of the molecule is O=C(C=Cc1ccc(Cl)cc1Cl)NC(=S)Nc1cc(C(F)(F)F)ccc1N1CCCCC1. The number of piperidine rings is 1. The molecule has 1 heterocycles. The molecule has 3 rings (SSSR count).